The summed E-state index contributed by atoms with van der Waals surface area (Å²) in [6.45, 7) is 1.79. The van der Waals surface area contributed by atoms with E-state index < -0.39 is 0 Å². The van der Waals surface area contributed by atoms with Crippen molar-refractivity contribution < 1.29 is 5.11 Å². The minimum Gasteiger partial charge on any atom is -0.389 e. The second-order valence-corrected chi connectivity index (χ2v) is 4.83. The second kappa shape index (κ2) is 3.40. The molecule has 2 aromatic rings. The SMILES string of the molecule is CC(O)c1csc2ccc(Br)cc12. The fourth-order valence-corrected chi connectivity index (χ4v) is 2.73. The van der Waals surface area contributed by atoms with E-state index in [1.807, 2.05) is 17.5 Å². The molecule has 3 heteroatoms. The number of aliphatic hydroxyl groups is 1. The summed E-state index contributed by atoms with van der Waals surface area (Å²) < 4.78 is 2.28. The van der Waals surface area contributed by atoms with Crippen molar-refractivity contribution in [2.24, 2.45) is 0 Å². The molecule has 0 aliphatic rings. The van der Waals surface area contributed by atoms with Crippen molar-refractivity contribution in [3.63, 3.8) is 0 Å². The zero-order valence-electron chi connectivity index (χ0n) is 7.12. The van der Waals surface area contributed by atoms with Gasteiger partial charge in [-0.3, -0.25) is 0 Å². The highest BCUT2D eigenvalue weighted by Crippen LogP contribution is 2.32. The molecule has 13 heavy (non-hydrogen) atoms. The van der Waals surface area contributed by atoms with Gasteiger partial charge in [-0.15, -0.1) is 11.3 Å². The van der Waals surface area contributed by atoms with Crippen molar-refractivity contribution in [1.82, 2.24) is 0 Å². The summed E-state index contributed by atoms with van der Waals surface area (Å²) >= 11 is 5.09. The van der Waals surface area contributed by atoms with Crippen LogP contribution in [0.1, 0.15) is 18.6 Å². The Hall–Kier alpha value is -0.380. The number of thiophene rings is 1. The summed E-state index contributed by atoms with van der Waals surface area (Å²) in [5.74, 6) is 0. The molecule has 1 N–H and O–H groups in total. The zero-order valence-corrected chi connectivity index (χ0v) is 9.52. The van der Waals surface area contributed by atoms with Gasteiger partial charge in [0.05, 0.1) is 6.10 Å². The molecule has 0 bridgehead atoms. The normalized spacial score (nSPS) is 13.5. The first kappa shape index (κ1) is 9.19. The molecule has 0 spiro atoms. The summed E-state index contributed by atoms with van der Waals surface area (Å²) in [4.78, 5) is 0. The van der Waals surface area contributed by atoms with Gasteiger partial charge in [0, 0.05) is 9.17 Å². The second-order valence-electron chi connectivity index (χ2n) is 3.01. The first-order valence-corrected chi connectivity index (χ1v) is 5.70. The number of aliphatic hydroxyl groups excluding tert-OH is 1. The Morgan fingerprint density at radius 1 is 1.46 bits per heavy atom. The average Bonchev–Trinajstić information content (AvgIpc) is 2.46. The van der Waals surface area contributed by atoms with E-state index in [9.17, 15) is 5.11 Å². The molecule has 1 aromatic heterocycles. The molecule has 1 nitrogen and oxygen atoms in total. The van der Waals surface area contributed by atoms with Crippen LogP contribution in [-0.2, 0) is 0 Å². The Kier molecular flexibility index (Phi) is 2.41. The third kappa shape index (κ3) is 1.64. The van der Waals surface area contributed by atoms with Crippen LogP contribution in [0, 0.1) is 0 Å². The fraction of sp³-hybridized carbons (Fsp3) is 0.200. The lowest BCUT2D eigenvalue weighted by Crippen LogP contribution is -1.87. The Labute approximate surface area is 89.1 Å². The van der Waals surface area contributed by atoms with Gasteiger partial charge in [0.2, 0.25) is 0 Å². The Bertz CT molecular complexity index is 433. The molecule has 0 saturated heterocycles. The molecule has 68 valence electrons. The molecule has 0 saturated carbocycles. The lowest BCUT2D eigenvalue weighted by molar-refractivity contribution is 0.201. The maximum atomic E-state index is 9.49. The Morgan fingerprint density at radius 3 is 2.92 bits per heavy atom. The van der Waals surface area contributed by atoms with Gasteiger partial charge in [-0.1, -0.05) is 15.9 Å². The molecule has 1 unspecified atom stereocenters. The van der Waals surface area contributed by atoms with Crippen molar-refractivity contribution in [2.45, 2.75) is 13.0 Å². The number of hydrogen-bond donors (Lipinski definition) is 1. The smallest absolute Gasteiger partial charge is 0.0776 e. The van der Waals surface area contributed by atoms with Crippen LogP contribution in [0.15, 0.2) is 28.1 Å². The quantitative estimate of drug-likeness (QED) is 0.825. The predicted molar refractivity (Wildman–Crippen MR) is 60.2 cm³/mol. The molecule has 0 aliphatic carbocycles. The van der Waals surface area contributed by atoms with Crippen molar-refractivity contribution in [2.75, 3.05) is 0 Å². The standard InChI is InChI=1S/C10H9BrOS/c1-6(12)9-5-13-10-3-2-7(11)4-8(9)10/h2-6,12H,1H3. The van der Waals surface area contributed by atoms with E-state index in [1.165, 1.54) is 4.70 Å². The summed E-state index contributed by atoms with van der Waals surface area (Å²) in [7, 11) is 0. The molecular weight excluding hydrogens is 248 g/mol. The molecular formula is C10H9BrOS. The molecule has 2 rings (SSSR count). The van der Waals surface area contributed by atoms with Crippen molar-refractivity contribution in [3.8, 4) is 0 Å². The van der Waals surface area contributed by atoms with Crippen LogP contribution in [0.3, 0.4) is 0 Å². The topological polar surface area (TPSA) is 20.2 Å². The molecule has 1 atom stereocenters. The first-order chi connectivity index (χ1) is 6.18. The lowest BCUT2D eigenvalue weighted by Gasteiger charge is -2.01. The predicted octanol–water partition coefficient (Wildman–Crippen LogP) is 3.72. The van der Waals surface area contributed by atoms with Crippen molar-refractivity contribution in [1.29, 1.82) is 0 Å². The van der Waals surface area contributed by atoms with Gasteiger partial charge in [0.15, 0.2) is 0 Å². The third-order valence-electron chi connectivity index (χ3n) is 2.02. The third-order valence-corrected chi connectivity index (χ3v) is 3.49. The maximum absolute atomic E-state index is 9.49. The number of rotatable bonds is 1. The van der Waals surface area contributed by atoms with Crippen molar-refractivity contribution in [3.05, 3.63) is 33.6 Å². The van der Waals surface area contributed by atoms with E-state index in [4.69, 9.17) is 0 Å². The van der Waals surface area contributed by atoms with E-state index >= 15 is 0 Å². The minimum atomic E-state index is -0.386. The Balaban J connectivity index is 2.71. The van der Waals surface area contributed by atoms with Crippen LogP contribution in [0.25, 0.3) is 10.1 Å². The monoisotopic (exact) mass is 256 g/mol. The van der Waals surface area contributed by atoms with Gasteiger partial charge in [-0.2, -0.15) is 0 Å². The van der Waals surface area contributed by atoms with Crippen LogP contribution in [0.5, 0.6) is 0 Å². The first-order valence-electron chi connectivity index (χ1n) is 4.03. The highest BCUT2D eigenvalue weighted by atomic mass is 79.9. The number of benzene rings is 1. The van der Waals surface area contributed by atoms with Crippen LogP contribution in [0.2, 0.25) is 0 Å². The van der Waals surface area contributed by atoms with Gasteiger partial charge in [-0.25, -0.2) is 0 Å². The molecule has 0 fully saturated rings. The van der Waals surface area contributed by atoms with Crippen LogP contribution in [0.4, 0.5) is 0 Å². The van der Waals surface area contributed by atoms with E-state index in [0.717, 1.165) is 15.4 Å². The van der Waals surface area contributed by atoms with Crippen LogP contribution in [-0.4, -0.2) is 5.11 Å². The number of hydrogen-bond acceptors (Lipinski definition) is 2. The number of fused-ring (bicyclic) bond motifs is 1. The molecule has 1 heterocycles. The minimum absolute atomic E-state index is 0.386. The molecule has 0 aliphatic heterocycles. The summed E-state index contributed by atoms with van der Waals surface area (Å²) in [6, 6.07) is 6.13. The molecule has 0 radical (unpaired) electrons. The van der Waals surface area contributed by atoms with Gasteiger partial charge < -0.3 is 5.11 Å². The number of halogens is 1. The van der Waals surface area contributed by atoms with Gasteiger partial charge in [0.25, 0.3) is 0 Å². The lowest BCUT2D eigenvalue weighted by atomic mass is 10.1. The van der Waals surface area contributed by atoms with Gasteiger partial charge in [-0.05, 0) is 41.5 Å². The summed E-state index contributed by atoms with van der Waals surface area (Å²) in [6.07, 6.45) is -0.386. The maximum Gasteiger partial charge on any atom is 0.0776 e. The van der Waals surface area contributed by atoms with E-state index in [0.29, 0.717) is 0 Å². The average molecular weight is 257 g/mol. The highest BCUT2D eigenvalue weighted by molar-refractivity contribution is 9.10. The van der Waals surface area contributed by atoms with Gasteiger partial charge >= 0.3 is 0 Å². The molecule has 1 aromatic carbocycles. The van der Waals surface area contributed by atoms with E-state index in [2.05, 4.69) is 22.0 Å². The van der Waals surface area contributed by atoms with Crippen molar-refractivity contribution >= 4 is 37.4 Å². The fourth-order valence-electron chi connectivity index (χ4n) is 1.34. The van der Waals surface area contributed by atoms with Crippen LogP contribution < -0.4 is 0 Å². The van der Waals surface area contributed by atoms with E-state index in [-0.39, 0.29) is 6.10 Å². The summed E-state index contributed by atoms with van der Waals surface area (Å²) in [5.41, 5.74) is 1.02. The molecule has 0 amide bonds. The van der Waals surface area contributed by atoms with Gasteiger partial charge in [0.1, 0.15) is 0 Å². The van der Waals surface area contributed by atoms with Crippen LogP contribution >= 0.6 is 27.3 Å². The Morgan fingerprint density at radius 2 is 2.23 bits per heavy atom. The zero-order chi connectivity index (χ0) is 9.42. The van der Waals surface area contributed by atoms with E-state index in [1.54, 1.807) is 18.3 Å². The largest absolute Gasteiger partial charge is 0.389 e. The highest BCUT2D eigenvalue weighted by Gasteiger charge is 2.08. The summed E-state index contributed by atoms with van der Waals surface area (Å²) in [5, 5.41) is 12.7.